The van der Waals surface area contributed by atoms with Crippen molar-refractivity contribution >= 4 is 16.9 Å². The topological polar surface area (TPSA) is 50.1 Å². The third kappa shape index (κ3) is 2.80. The van der Waals surface area contributed by atoms with E-state index in [1.165, 1.54) is 0 Å². The van der Waals surface area contributed by atoms with Crippen LogP contribution in [0.15, 0.2) is 6.20 Å². The second-order valence-electron chi connectivity index (χ2n) is 5.28. The molecule has 0 aliphatic carbocycles. The Kier molecular flexibility index (Phi) is 3.71. The van der Waals surface area contributed by atoms with E-state index in [1.807, 2.05) is 14.0 Å². The summed E-state index contributed by atoms with van der Waals surface area (Å²) in [5.74, 6) is 1.54. The smallest absolute Gasteiger partial charge is 0.251 e. The summed E-state index contributed by atoms with van der Waals surface area (Å²) in [5, 5.41) is 5.13. The van der Waals surface area contributed by atoms with Crippen molar-refractivity contribution in [2.75, 3.05) is 37.6 Å². The summed E-state index contributed by atoms with van der Waals surface area (Å²) in [6.07, 6.45) is -0.516. The van der Waals surface area contributed by atoms with E-state index in [1.54, 1.807) is 15.8 Å². The van der Waals surface area contributed by atoms with Crippen LogP contribution < -0.4 is 4.90 Å². The number of aryl methyl sites for hydroxylation is 2. The molecule has 3 heterocycles. The molecule has 114 valence electrons. The molecule has 3 rings (SSSR count). The molecule has 0 atom stereocenters. The molecule has 0 radical (unpaired) electrons. The van der Waals surface area contributed by atoms with Crippen LogP contribution in [0.2, 0.25) is 0 Å². The summed E-state index contributed by atoms with van der Waals surface area (Å²) >= 11 is 0. The van der Waals surface area contributed by atoms with Crippen molar-refractivity contribution < 1.29 is 8.78 Å². The SMILES string of the molecule is Cc1nc(N2CCN(CC(F)F)CC2)c2cnn(C)c2n1. The number of aromatic nitrogens is 4. The Labute approximate surface area is 121 Å². The highest BCUT2D eigenvalue weighted by Gasteiger charge is 2.23. The minimum atomic E-state index is -2.28. The first-order chi connectivity index (χ1) is 10.0. The van der Waals surface area contributed by atoms with Gasteiger partial charge in [-0.1, -0.05) is 0 Å². The van der Waals surface area contributed by atoms with E-state index in [9.17, 15) is 8.78 Å². The summed E-state index contributed by atoms with van der Waals surface area (Å²) in [4.78, 5) is 12.8. The molecule has 6 nitrogen and oxygen atoms in total. The Hall–Kier alpha value is -1.83. The highest BCUT2D eigenvalue weighted by Crippen LogP contribution is 2.24. The fourth-order valence-electron chi connectivity index (χ4n) is 2.69. The second-order valence-corrected chi connectivity index (χ2v) is 5.28. The van der Waals surface area contributed by atoms with Crippen molar-refractivity contribution in [1.82, 2.24) is 24.6 Å². The molecule has 0 N–H and O–H groups in total. The Morgan fingerprint density at radius 1 is 1.19 bits per heavy atom. The quantitative estimate of drug-likeness (QED) is 0.847. The standard InChI is InChI=1S/C13H18F2N6/c1-9-17-12-10(7-16-19(12)2)13(18-9)21-5-3-20(4-6-21)8-11(14)15/h7,11H,3-6,8H2,1-2H3. The minimum absolute atomic E-state index is 0.154. The van der Waals surface area contributed by atoms with E-state index in [0.29, 0.717) is 32.0 Å². The van der Waals surface area contributed by atoms with Gasteiger partial charge in [0.25, 0.3) is 6.43 Å². The number of rotatable bonds is 3. The third-order valence-corrected chi connectivity index (χ3v) is 3.75. The first-order valence-electron chi connectivity index (χ1n) is 6.96. The molecular formula is C13H18F2N6. The molecule has 0 spiro atoms. The average molecular weight is 296 g/mol. The maximum atomic E-state index is 12.4. The monoisotopic (exact) mass is 296 g/mol. The maximum absolute atomic E-state index is 12.4. The Morgan fingerprint density at radius 3 is 2.57 bits per heavy atom. The van der Waals surface area contributed by atoms with Gasteiger partial charge < -0.3 is 4.90 Å². The fraction of sp³-hybridized carbons (Fsp3) is 0.615. The number of halogens is 2. The van der Waals surface area contributed by atoms with Crippen LogP contribution >= 0.6 is 0 Å². The van der Waals surface area contributed by atoms with Gasteiger partial charge in [0.2, 0.25) is 0 Å². The lowest BCUT2D eigenvalue weighted by Gasteiger charge is -2.35. The van der Waals surface area contributed by atoms with E-state index in [-0.39, 0.29) is 6.54 Å². The number of anilines is 1. The van der Waals surface area contributed by atoms with E-state index < -0.39 is 6.43 Å². The van der Waals surface area contributed by atoms with Crippen LogP contribution in [0.5, 0.6) is 0 Å². The average Bonchev–Trinajstić information content (AvgIpc) is 2.80. The molecule has 0 bridgehead atoms. The van der Waals surface area contributed by atoms with Gasteiger partial charge in [-0.15, -0.1) is 0 Å². The molecule has 8 heteroatoms. The molecule has 1 saturated heterocycles. The third-order valence-electron chi connectivity index (χ3n) is 3.75. The molecule has 0 unspecified atom stereocenters. The Morgan fingerprint density at radius 2 is 1.90 bits per heavy atom. The number of alkyl halides is 2. The van der Waals surface area contributed by atoms with Crippen molar-refractivity contribution in [1.29, 1.82) is 0 Å². The predicted octanol–water partition coefficient (Wildman–Crippen LogP) is 1.06. The maximum Gasteiger partial charge on any atom is 0.251 e. The van der Waals surface area contributed by atoms with Gasteiger partial charge in [-0.2, -0.15) is 5.10 Å². The van der Waals surface area contributed by atoms with Crippen molar-refractivity contribution in [2.45, 2.75) is 13.3 Å². The van der Waals surface area contributed by atoms with Gasteiger partial charge in [-0.05, 0) is 6.92 Å². The molecule has 2 aromatic rings. The fourth-order valence-corrected chi connectivity index (χ4v) is 2.69. The molecule has 0 saturated carbocycles. The number of hydrogen-bond acceptors (Lipinski definition) is 5. The predicted molar refractivity (Wildman–Crippen MR) is 75.7 cm³/mol. The summed E-state index contributed by atoms with van der Waals surface area (Å²) in [6.45, 7) is 4.31. The number of fused-ring (bicyclic) bond motifs is 1. The molecule has 0 aromatic carbocycles. The summed E-state index contributed by atoms with van der Waals surface area (Å²) in [5.41, 5.74) is 0.799. The lowest BCUT2D eigenvalue weighted by molar-refractivity contribution is 0.0854. The van der Waals surface area contributed by atoms with E-state index in [4.69, 9.17) is 0 Å². The Balaban J connectivity index is 1.82. The zero-order chi connectivity index (χ0) is 15.0. The van der Waals surface area contributed by atoms with Crippen LogP contribution in [0.25, 0.3) is 11.0 Å². The normalized spacial score (nSPS) is 17.1. The molecule has 1 aliphatic rings. The number of piperazine rings is 1. The van der Waals surface area contributed by atoms with E-state index >= 15 is 0 Å². The van der Waals surface area contributed by atoms with E-state index in [2.05, 4.69) is 20.0 Å². The van der Waals surface area contributed by atoms with Crippen molar-refractivity contribution in [3.63, 3.8) is 0 Å². The molecule has 1 aliphatic heterocycles. The van der Waals surface area contributed by atoms with Gasteiger partial charge in [-0.25, -0.2) is 18.7 Å². The molecule has 2 aromatic heterocycles. The van der Waals surface area contributed by atoms with Gasteiger partial charge in [0.1, 0.15) is 11.6 Å². The van der Waals surface area contributed by atoms with Gasteiger partial charge >= 0.3 is 0 Å². The van der Waals surface area contributed by atoms with Crippen molar-refractivity contribution in [2.24, 2.45) is 7.05 Å². The molecular weight excluding hydrogens is 278 g/mol. The zero-order valence-electron chi connectivity index (χ0n) is 12.1. The Bertz CT molecular complexity index is 633. The second kappa shape index (κ2) is 5.51. The van der Waals surface area contributed by atoms with Gasteiger partial charge in [0, 0.05) is 33.2 Å². The van der Waals surface area contributed by atoms with Crippen LogP contribution in [-0.4, -0.2) is 63.8 Å². The number of hydrogen-bond donors (Lipinski definition) is 0. The van der Waals surface area contributed by atoms with Gasteiger partial charge in [0.05, 0.1) is 18.1 Å². The van der Waals surface area contributed by atoms with Crippen LogP contribution in [0.1, 0.15) is 5.82 Å². The largest absolute Gasteiger partial charge is 0.353 e. The van der Waals surface area contributed by atoms with Gasteiger partial charge in [-0.3, -0.25) is 9.58 Å². The van der Waals surface area contributed by atoms with Crippen LogP contribution in [0, 0.1) is 6.92 Å². The first kappa shape index (κ1) is 14.1. The van der Waals surface area contributed by atoms with E-state index in [0.717, 1.165) is 16.9 Å². The lowest BCUT2D eigenvalue weighted by atomic mass is 10.2. The summed E-state index contributed by atoms with van der Waals surface area (Å²) in [6, 6.07) is 0. The molecule has 0 amide bonds. The lowest BCUT2D eigenvalue weighted by Crippen LogP contribution is -2.48. The summed E-state index contributed by atoms with van der Waals surface area (Å²) in [7, 11) is 1.85. The van der Waals surface area contributed by atoms with Gasteiger partial charge in [0.15, 0.2) is 5.65 Å². The highest BCUT2D eigenvalue weighted by atomic mass is 19.3. The summed E-state index contributed by atoms with van der Waals surface area (Å²) < 4.78 is 26.6. The van der Waals surface area contributed by atoms with Crippen molar-refractivity contribution in [3.05, 3.63) is 12.0 Å². The van der Waals surface area contributed by atoms with Crippen LogP contribution in [-0.2, 0) is 7.05 Å². The number of nitrogens with zero attached hydrogens (tertiary/aromatic N) is 6. The highest BCUT2D eigenvalue weighted by molar-refractivity contribution is 5.87. The zero-order valence-corrected chi connectivity index (χ0v) is 12.1. The first-order valence-corrected chi connectivity index (χ1v) is 6.96. The van der Waals surface area contributed by atoms with Crippen molar-refractivity contribution in [3.8, 4) is 0 Å². The van der Waals surface area contributed by atoms with Crippen LogP contribution in [0.3, 0.4) is 0 Å². The minimum Gasteiger partial charge on any atom is -0.353 e. The van der Waals surface area contributed by atoms with Crippen LogP contribution in [0.4, 0.5) is 14.6 Å². The molecule has 1 fully saturated rings. The molecule has 21 heavy (non-hydrogen) atoms.